The number of aromatic nitrogens is 1. The van der Waals surface area contributed by atoms with E-state index in [0.29, 0.717) is 0 Å². The maximum absolute atomic E-state index is 14.1. The van der Waals surface area contributed by atoms with E-state index in [0.717, 1.165) is 12.1 Å². The molecule has 2 heterocycles. The molecule has 3 rings (SSSR count). The Morgan fingerprint density at radius 1 is 1.27 bits per heavy atom. The van der Waals surface area contributed by atoms with Crippen LogP contribution in [0.5, 0.6) is 5.88 Å². The number of pyridine rings is 1. The van der Waals surface area contributed by atoms with Crippen LogP contribution in [0.15, 0.2) is 24.3 Å². The zero-order valence-electron chi connectivity index (χ0n) is 17.0. The van der Waals surface area contributed by atoms with Crippen LogP contribution in [0.3, 0.4) is 0 Å². The van der Waals surface area contributed by atoms with Crippen molar-refractivity contribution in [3.63, 3.8) is 0 Å². The van der Waals surface area contributed by atoms with Gasteiger partial charge in [-0.2, -0.15) is 0 Å². The fraction of sp³-hybridized carbons (Fsp3) is 0.381. The number of aromatic carboxylic acids is 1. The maximum atomic E-state index is 14.1. The minimum Gasteiger partial charge on any atom is -0.476 e. The SMILES string of the molecule is C[C@H]1COc2nc(C(=O)O)c(Cc3ccc(F)cc3F)cc2N1C(=O)OC(C)(C)C. The molecular formula is C21H22F2N2O5. The lowest BCUT2D eigenvalue weighted by Crippen LogP contribution is -2.47. The van der Waals surface area contributed by atoms with E-state index in [1.54, 1.807) is 27.7 Å². The van der Waals surface area contributed by atoms with Crippen molar-refractivity contribution in [1.29, 1.82) is 0 Å². The molecule has 1 aliphatic rings. The third-order valence-electron chi connectivity index (χ3n) is 4.40. The fourth-order valence-electron chi connectivity index (χ4n) is 3.10. The molecule has 30 heavy (non-hydrogen) atoms. The van der Waals surface area contributed by atoms with Gasteiger partial charge in [0.15, 0.2) is 5.69 Å². The summed E-state index contributed by atoms with van der Waals surface area (Å²) in [5.41, 5.74) is -0.613. The Bertz CT molecular complexity index is 1000. The van der Waals surface area contributed by atoms with Gasteiger partial charge in [-0.1, -0.05) is 6.07 Å². The van der Waals surface area contributed by atoms with E-state index in [4.69, 9.17) is 9.47 Å². The molecule has 0 radical (unpaired) electrons. The van der Waals surface area contributed by atoms with Crippen molar-refractivity contribution in [2.24, 2.45) is 0 Å². The Kier molecular flexibility index (Phi) is 5.65. The molecule has 160 valence electrons. The summed E-state index contributed by atoms with van der Waals surface area (Å²) in [5, 5.41) is 9.56. The van der Waals surface area contributed by atoms with Gasteiger partial charge in [-0.3, -0.25) is 4.90 Å². The zero-order valence-corrected chi connectivity index (χ0v) is 17.0. The minimum atomic E-state index is -1.33. The number of ether oxygens (including phenoxy) is 2. The average Bonchev–Trinajstić information content (AvgIpc) is 2.61. The van der Waals surface area contributed by atoms with E-state index >= 15 is 0 Å². The number of carboxylic acid groups (broad SMARTS) is 1. The predicted octanol–water partition coefficient (Wildman–Crippen LogP) is 4.17. The van der Waals surface area contributed by atoms with Crippen LogP contribution in [0, 0.1) is 11.6 Å². The van der Waals surface area contributed by atoms with E-state index in [2.05, 4.69) is 4.98 Å². The first-order valence-electron chi connectivity index (χ1n) is 9.32. The van der Waals surface area contributed by atoms with E-state index < -0.39 is 35.3 Å². The quantitative estimate of drug-likeness (QED) is 0.802. The lowest BCUT2D eigenvalue weighted by Gasteiger charge is -2.35. The topological polar surface area (TPSA) is 89.0 Å². The van der Waals surface area contributed by atoms with Crippen LogP contribution in [-0.2, 0) is 11.2 Å². The van der Waals surface area contributed by atoms with Crippen LogP contribution in [0.4, 0.5) is 19.3 Å². The summed E-state index contributed by atoms with van der Waals surface area (Å²) in [4.78, 5) is 29.9. The molecule has 1 N–H and O–H groups in total. The molecule has 1 aliphatic heterocycles. The standard InChI is InChI=1S/C21H22F2N2O5/c1-11-10-29-18-16(25(11)20(28)30-21(2,3)4)8-13(17(24-18)19(26)27)7-12-5-6-14(22)9-15(12)23/h5-6,8-9,11H,7,10H2,1-4H3,(H,26,27)/t11-/m0/s1. The number of rotatable bonds is 3. The molecule has 0 fully saturated rings. The van der Waals surface area contributed by atoms with Crippen molar-refractivity contribution in [2.75, 3.05) is 11.5 Å². The molecule has 0 spiro atoms. The van der Waals surface area contributed by atoms with Gasteiger partial charge < -0.3 is 14.6 Å². The van der Waals surface area contributed by atoms with E-state index in [1.807, 2.05) is 0 Å². The first kappa shape index (κ1) is 21.5. The zero-order chi connectivity index (χ0) is 22.2. The second-order valence-electron chi connectivity index (χ2n) is 8.05. The number of carbonyl (C=O) groups is 2. The minimum absolute atomic E-state index is 0.0281. The summed E-state index contributed by atoms with van der Waals surface area (Å²) >= 11 is 0. The highest BCUT2D eigenvalue weighted by Gasteiger charge is 2.35. The number of amides is 1. The van der Waals surface area contributed by atoms with Crippen molar-refractivity contribution >= 4 is 17.7 Å². The van der Waals surface area contributed by atoms with Crippen LogP contribution in [0.1, 0.15) is 49.3 Å². The Morgan fingerprint density at radius 3 is 2.57 bits per heavy atom. The number of fused-ring (bicyclic) bond motifs is 1. The molecule has 0 unspecified atom stereocenters. The molecule has 0 saturated carbocycles. The van der Waals surface area contributed by atoms with Crippen molar-refractivity contribution < 1.29 is 33.0 Å². The third kappa shape index (κ3) is 4.50. The summed E-state index contributed by atoms with van der Waals surface area (Å²) in [7, 11) is 0. The highest BCUT2D eigenvalue weighted by molar-refractivity contribution is 5.93. The van der Waals surface area contributed by atoms with Crippen LogP contribution >= 0.6 is 0 Å². The lowest BCUT2D eigenvalue weighted by atomic mass is 10.0. The van der Waals surface area contributed by atoms with Gasteiger partial charge in [0.25, 0.3) is 0 Å². The number of nitrogens with zero attached hydrogens (tertiary/aromatic N) is 2. The Balaban J connectivity index is 2.08. The van der Waals surface area contributed by atoms with Crippen molar-refractivity contribution in [3.05, 3.63) is 52.7 Å². The maximum Gasteiger partial charge on any atom is 0.415 e. The molecule has 0 bridgehead atoms. The van der Waals surface area contributed by atoms with Crippen LogP contribution in [-0.4, -0.2) is 40.4 Å². The summed E-state index contributed by atoms with van der Waals surface area (Å²) < 4.78 is 38.4. The summed E-state index contributed by atoms with van der Waals surface area (Å²) in [6.45, 7) is 7.03. The molecule has 0 aliphatic carbocycles. The second kappa shape index (κ2) is 7.89. The average molecular weight is 420 g/mol. The van der Waals surface area contributed by atoms with Gasteiger partial charge in [-0.15, -0.1) is 0 Å². The lowest BCUT2D eigenvalue weighted by molar-refractivity contribution is 0.0546. The van der Waals surface area contributed by atoms with Gasteiger partial charge in [0, 0.05) is 12.5 Å². The monoisotopic (exact) mass is 420 g/mol. The van der Waals surface area contributed by atoms with Crippen molar-refractivity contribution in [2.45, 2.75) is 45.8 Å². The Labute approximate surface area is 172 Å². The van der Waals surface area contributed by atoms with E-state index in [9.17, 15) is 23.5 Å². The summed E-state index contributed by atoms with van der Waals surface area (Å²) in [6.07, 6.45) is -0.798. The number of hydrogen-bond donors (Lipinski definition) is 1. The van der Waals surface area contributed by atoms with Gasteiger partial charge >= 0.3 is 12.1 Å². The summed E-state index contributed by atoms with van der Waals surface area (Å²) in [6, 6.07) is 4.07. The second-order valence-corrected chi connectivity index (χ2v) is 8.05. The number of carboxylic acids is 1. The van der Waals surface area contributed by atoms with Crippen LogP contribution in [0.2, 0.25) is 0 Å². The van der Waals surface area contributed by atoms with E-state index in [-0.39, 0.29) is 41.4 Å². The third-order valence-corrected chi connectivity index (χ3v) is 4.40. The summed E-state index contributed by atoms with van der Waals surface area (Å²) in [5.74, 6) is -2.91. The number of carbonyl (C=O) groups excluding carboxylic acids is 1. The largest absolute Gasteiger partial charge is 0.476 e. The number of halogens is 2. The highest BCUT2D eigenvalue weighted by atomic mass is 19.1. The molecular weight excluding hydrogens is 398 g/mol. The van der Waals surface area contributed by atoms with Crippen LogP contribution in [0.25, 0.3) is 0 Å². The first-order valence-corrected chi connectivity index (χ1v) is 9.32. The van der Waals surface area contributed by atoms with E-state index in [1.165, 1.54) is 17.0 Å². The van der Waals surface area contributed by atoms with Gasteiger partial charge in [-0.25, -0.2) is 23.4 Å². The van der Waals surface area contributed by atoms with Crippen molar-refractivity contribution in [1.82, 2.24) is 4.98 Å². The number of benzene rings is 1. The first-order chi connectivity index (χ1) is 14.0. The van der Waals surface area contributed by atoms with Gasteiger partial charge in [-0.05, 0) is 51.0 Å². The normalized spacial score (nSPS) is 15.9. The molecule has 1 amide bonds. The highest BCUT2D eigenvalue weighted by Crippen LogP contribution is 2.36. The Hall–Kier alpha value is -3.23. The molecule has 1 aromatic heterocycles. The van der Waals surface area contributed by atoms with Gasteiger partial charge in [0.05, 0.1) is 6.04 Å². The smallest absolute Gasteiger partial charge is 0.415 e. The molecule has 9 heteroatoms. The van der Waals surface area contributed by atoms with Gasteiger partial charge in [0.2, 0.25) is 5.88 Å². The molecule has 0 saturated heterocycles. The number of hydrogen-bond acceptors (Lipinski definition) is 5. The van der Waals surface area contributed by atoms with Crippen molar-refractivity contribution in [3.8, 4) is 5.88 Å². The fourth-order valence-corrected chi connectivity index (χ4v) is 3.10. The Morgan fingerprint density at radius 2 is 1.97 bits per heavy atom. The molecule has 2 aromatic rings. The molecule has 1 aromatic carbocycles. The molecule has 7 nitrogen and oxygen atoms in total. The molecule has 1 atom stereocenters. The van der Waals surface area contributed by atoms with Gasteiger partial charge in [0.1, 0.15) is 29.5 Å². The van der Waals surface area contributed by atoms with Crippen LogP contribution < -0.4 is 9.64 Å². The predicted molar refractivity (Wildman–Crippen MR) is 104 cm³/mol. The number of anilines is 1.